The second-order valence-corrected chi connectivity index (χ2v) is 8.92. The Labute approximate surface area is 124 Å². The van der Waals surface area contributed by atoms with Crippen LogP contribution in [0.25, 0.3) is 0 Å². The minimum atomic E-state index is -2.90. The van der Waals surface area contributed by atoms with E-state index in [1.54, 1.807) is 0 Å². The summed E-state index contributed by atoms with van der Waals surface area (Å²) in [6.45, 7) is 1.60. The van der Waals surface area contributed by atoms with E-state index in [9.17, 15) is 8.42 Å². The largest absolute Gasteiger partial charge is 0.329 e. The third-order valence-electron chi connectivity index (χ3n) is 5.10. The van der Waals surface area contributed by atoms with Crippen molar-refractivity contribution in [2.24, 2.45) is 5.73 Å². The molecule has 0 aliphatic heterocycles. The maximum atomic E-state index is 11.8. The maximum Gasteiger partial charge on any atom is 0.150 e. The van der Waals surface area contributed by atoms with Crippen molar-refractivity contribution in [3.63, 3.8) is 0 Å². The second-order valence-electron chi connectivity index (χ2n) is 6.59. The Bertz CT molecular complexity index is 391. The van der Waals surface area contributed by atoms with Crippen molar-refractivity contribution >= 4 is 9.84 Å². The molecule has 0 spiro atoms. The SMILES string of the molecule is CS(=O)(=O)C1CCCC(N(CCN)C2CCCCC2)C1. The fraction of sp³-hybridized carbons (Fsp3) is 1.00. The van der Waals surface area contributed by atoms with E-state index in [-0.39, 0.29) is 5.25 Å². The average molecular weight is 302 g/mol. The van der Waals surface area contributed by atoms with Crippen molar-refractivity contribution in [2.75, 3.05) is 19.3 Å². The maximum absolute atomic E-state index is 11.8. The average Bonchev–Trinajstić information content (AvgIpc) is 2.45. The van der Waals surface area contributed by atoms with E-state index < -0.39 is 9.84 Å². The summed E-state index contributed by atoms with van der Waals surface area (Å²) in [6.07, 6.45) is 11.7. The number of rotatable bonds is 5. The predicted molar refractivity (Wildman–Crippen MR) is 83.5 cm³/mol. The molecular formula is C15H30N2O2S. The Hall–Kier alpha value is -0.130. The molecule has 2 rings (SSSR count). The van der Waals surface area contributed by atoms with Crippen molar-refractivity contribution in [1.29, 1.82) is 0 Å². The fourth-order valence-corrected chi connectivity index (χ4v) is 5.20. The van der Waals surface area contributed by atoms with Crippen molar-refractivity contribution in [2.45, 2.75) is 75.1 Å². The van der Waals surface area contributed by atoms with Crippen LogP contribution in [0.1, 0.15) is 57.8 Å². The third kappa shape index (κ3) is 4.18. The highest BCUT2D eigenvalue weighted by molar-refractivity contribution is 7.91. The zero-order valence-electron chi connectivity index (χ0n) is 12.8. The van der Waals surface area contributed by atoms with Crippen LogP contribution in [0.3, 0.4) is 0 Å². The highest BCUT2D eigenvalue weighted by Crippen LogP contribution is 2.32. The Morgan fingerprint density at radius 1 is 1.00 bits per heavy atom. The fourth-order valence-electron chi connectivity index (χ4n) is 4.04. The van der Waals surface area contributed by atoms with Gasteiger partial charge in [0.2, 0.25) is 0 Å². The van der Waals surface area contributed by atoms with Gasteiger partial charge in [0.25, 0.3) is 0 Å². The molecule has 0 saturated heterocycles. The van der Waals surface area contributed by atoms with Gasteiger partial charge in [0.1, 0.15) is 9.84 Å². The molecule has 0 bridgehead atoms. The summed E-state index contributed by atoms with van der Waals surface area (Å²) in [4.78, 5) is 2.55. The van der Waals surface area contributed by atoms with E-state index >= 15 is 0 Å². The first kappa shape index (κ1) is 16.2. The Kier molecular flexibility index (Phi) is 5.87. The number of hydrogen-bond acceptors (Lipinski definition) is 4. The summed E-state index contributed by atoms with van der Waals surface area (Å²) < 4.78 is 23.7. The number of sulfone groups is 1. The lowest BCUT2D eigenvalue weighted by atomic mass is 9.88. The molecule has 0 heterocycles. The zero-order valence-corrected chi connectivity index (χ0v) is 13.6. The van der Waals surface area contributed by atoms with Crippen molar-refractivity contribution in [3.8, 4) is 0 Å². The predicted octanol–water partition coefficient (Wildman–Crippen LogP) is 1.94. The first-order chi connectivity index (χ1) is 9.52. The highest BCUT2D eigenvalue weighted by Gasteiger charge is 2.34. The summed E-state index contributed by atoms with van der Waals surface area (Å²) in [6, 6.07) is 1.06. The topological polar surface area (TPSA) is 63.4 Å². The molecule has 2 aliphatic rings. The van der Waals surface area contributed by atoms with Crippen LogP contribution in [0.4, 0.5) is 0 Å². The summed E-state index contributed by atoms with van der Waals surface area (Å²) in [5.41, 5.74) is 5.80. The molecule has 2 saturated carbocycles. The summed E-state index contributed by atoms with van der Waals surface area (Å²) in [5, 5.41) is -0.134. The molecule has 0 amide bonds. The molecule has 0 aromatic rings. The molecule has 0 radical (unpaired) electrons. The molecule has 2 unspecified atom stereocenters. The molecule has 4 nitrogen and oxygen atoms in total. The van der Waals surface area contributed by atoms with Crippen LogP contribution in [-0.4, -0.2) is 50.0 Å². The molecule has 2 atom stereocenters. The first-order valence-electron chi connectivity index (χ1n) is 8.17. The van der Waals surface area contributed by atoms with Crippen molar-refractivity contribution < 1.29 is 8.42 Å². The molecule has 2 aliphatic carbocycles. The van der Waals surface area contributed by atoms with Gasteiger partial charge in [0.15, 0.2) is 0 Å². The molecule has 2 N–H and O–H groups in total. The van der Waals surface area contributed by atoms with Gasteiger partial charge in [-0.1, -0.05) is 25.7 Å². The lowest BCUT2D eigenvalue weighted by Gasteiger charge is -2.43. The van der Waals surface area contributed by atoms with Gasteiger partial charge in [-0.2, -0.15) is 0 Å². The minimum absolute atomic E-state index is 0.134. The number of hydrogen-bond donors (Lipinski definition) is 1. The first-order valence-corrected chi connectivity index (χ1v) is 10.1. The van der Waals surface area contributed by atoms with Crippen LogP contribution >= 0.6 is 0 Å². The van der Waals surface area contributed by atoms with Gasteiger partial charge in [0.05, 0.1) is 5.25 Å². The van der Waals surface area contributed by atoms with Gasteiger partial charge < -0.3 is 5.73 Å². The van der Waals surface area contributed by atoms with Crippen LogP contribution in [0.2, 0.25) is 0 Å². The van der Waals surface area contributed by atoms with Gasteiger partial charge in [-0.15, -0.1) is 0 Å². The van der Waals surface area contributed by atoms with Crippen LogP contribution in [-0.2, 0) is 9.84 Å². The van der Waals surface area contributed by atoms with E-state index in [0.717, 1.165) is 32.2 Å². The Balaban J connectivity index is 2.04. The van der Waals surface area contributed by atoms with E-state index in [2.05, 4.69) is 4.90 Å². The minimum Gasteiger partial charge on any atom is -0.329 e. The van der Waals surface area contributed by atoms with E-state index in [4.69, 9.17) is 5.73 Å². The third-order valence-corrected chi connectivity index (χ3v) is 6.74. The van der Waals surface area contributed by atoms with E-state index in [1.165, 1.54) is 38.4 Å². The molecule has 5 heteroatoms. The van der Waals surface area contributed by atoms with Crippen LogP contribution < -0.4 is 5.73 Å². The lowest BCUT2D eigenvalue weighted by Crippen LogP contribution is -2.49. The standard InChI is InChI=1S/C15H30N2O2S/c1-20(18,19)15-9-5-8-14(12-15)17(11-10-16)13-6-3-2-4-7-13/h13-15H,2-12,16H2,1H3. The molecular weight excluding hydrogens is 272 g/mol. The highest BCUT2D eigenvalue weighted by atomic mass is 32.2. The number of nitrogens with zero attached hydrogens (tertiary/aromatic N) is 1. The zero-order chi connectivity index (χ0) is 14.6. The second kappa shape index (κ2) is 7.23. The molecule has 0 aromatic heterocycles. The quantitative estimate of drug-likeness (QED) is 0.843. The van der Waals surface area contributed by atoms with E-state index in [1.807, 2.05) is 0 Å². The van der Waals surface area contributed by atoms with Gasteiger partial charge in [-0.25, -0.2) is 8.42 Å². The van der Waals surface area contributed by atoms with Gasteiger partial charge in [-0.05, 0) is 32.1 Å². The molecule has 20 heavy (non-hydrogen) atoms. The lowest BCUT2D eigenvalue weighted by molar-refractivity contribution is 0.0850. The molecule has 118 valence electrons. The summed E-state index contributed by atoms with van der Waals surface area (Å²) in [7, 11) is -2.90. The Morgan fingerprint density at radius 3 is 2.25 bits per heavy atom. The van der Waals surface area contributed by atoms with Crippen LogP contribution in [0, 0.1) is 0 Å². The van der Waals surface area contributed by atoms with Gasteiger partial charge >= 0.3 is 0 Å². The van der Waals surface area contributed by atoms with E-state index in [0.29, 0.717) is 18.6 Å². The van der Waals surface area contributed by atoms with Crippen LogP contribution in [0.15, 0.2) is 0 Å². The summed E-state index contributed by atoms with van der Waals surface area (Å²) in [5.74, 6) is 0. The smallest absolute Gasteiger partial charge is 0.150 e. The van der Waals surface area contributed by atoms with Crippen molar-refractivity contribution in [1.82, 2.24) is 4.90 Å². The number of nitrogens with two attached hydrogens (primary N) is 1. The monoisotopic (exact) mass is 302 g/mol. The normalized spacial score (nSPS) is 29.8. The molecule has 0 aromatic carbocycles. The van der Waals surface area contributed by atoms with Crippen LogP contribution in [0.5, 0.6) is 0 Å². The van der Waals surface area contributed by atoms with Gasteiger partial charge in [0, 0.05) is 31.4 Å². The Morgan fingerprint density at radius 2 is 1.65 bits per heavy atom. The molecule has 2 fully saturated rings. The summed E-state index contributed by atoms with van der Waals surface area (Å²) >= 11 is 0. The van der Waals surface area contributed by atoms with Gasteiger partial charge in [-0.3, -0.25) is 4.90 Å². The van der Waals surface area contributed by atoms with Crippen molar-refractivity contribution in [3.05, 3.63) is 0 Å².